The van der Waals surface area contributed by atoms with Gasteiger partial charge >= 0.3 is 5.97 Å². The highest BCUT2D eigenvalue weighted by Gasteiger charge is 2.33. The predicted octanol–water partition coefficient (Wildman–Crippen LogP) is 3.00. The molecule has 2 atom stereocenters. The highest BCUT2D eigenvalue weighted by molar-refractivity contribution is 9.10. The van der Waals surface area contributed by atoms with E-state index in [9.17, 15) is 4.79 Å². The molecule has 0 saturated carbocycles. The number of hydrogen-bond acceptors (Lipinski definition) is 4. The molecule has 1 aromatic carbocycles. The largest absolute Gasteiger partial charge is 0.465 e. The molecule has 1 heterocycles. The maximum atomic E-state index is 12.1. The van der Waals surface area contributed by atoms with Gasteiger partial charge in [-0.25, -0.2) is 0 Å². The van der Waals surface area contributed by atoms with Gasteiger partial charge in [0.2, 0.25) is 0 Å². The van der Waals surface area contributed by atoms with Crippen LogP contribution in [0.4, 0.5) is 0 Å². The fourth-order valence-electron chi connectivity index (χ4n) is 2.66. The summed E-state index contributed by atoms with van der Waals surface area (Å²) in [6.07, 6.45) is 0. The minimum atomic E-state index is -0.270. The lowest BCUT2D eigenvalue weighted by Crippen LogP contribution is -2.56. The topological polar surface area (TPSA) is 41.6 Å². The number of ether oxygens (including phenoxy) is 1. The van der Waals surface area contributed by atoms with Crippen LogP contribution in [0.5, 0.6) is 0 Å². The maximum absolute atomic E-state index is 12.1. The SMILES string of the molecule is CCOC(=O)C1CNCCN1C(C)c1ccc(Br)cc1Cl. The molecule has 0 aliphatic carbocycles. The zero-order chi connectivity index (χ0) is 15.4. The van der Waals surface area contributed by atoms with E-state index in [4.69, 9.17) is 16.3 Å². The number of piperazine rings is 1. The van der Waals surface area contributed by atoms with Gasteiger partial charge in [0.05, 0.1) is 6.61 Å². The lowest BCUT2D eigenvalue weighted by Gasteiger charge is -2.39. The Morgan fingerprint density at radius 3 is 3.05 bits per heavy atom. The van der Waals surface area contributed by atoms with Crippen LogP contribution < -0.4 is 5.32 Å². The number of rotatable bonds is 4. The number of carbonyl (C=O) groups is 1. The second-order valence-electron chi connectivity index (χ2n) is 5.05. The summed E-state index contributed by atoms with van der Waals surface area (Å²) in [6.45, 7) is 6.56. The minimum absolute atomic E-state index is 0.0575. The number of nitrogens with one attached hydrogen (secondary N) is 1. The molecular weight excluding hydrogens is 356 g/mol. The molecule has 0 amide bonds. The van der Waals surface area contributed by atoms with Gasteiger partial charge in [0.15, 0.2) is 0 Å². The lowest BCUT2D eigenvalue weighted by molar-refractivity contribution is -0.151. The van der Waals surface area contributed by atoms with Crippen LogP contribution in [0, 0.1) is 0 Å². The molecule has 1 N–H and O–H groups in total. The molecule has 6 heteroatoms. The molecule has 1 fully saturated rings. The number of hydrogen-bond donors (Lipinski definition) is 1. The summed E-state index contributed by atoms with van der Waals surface area (Å²) in [5.74, 6) is -0.176. The van der Waals surface area contributed by atoms with Crippen molar-refractivity contribution in [1.82, 2.24) is 10.2 Å². The molecule has 1 aliphatic rings. The van der Waals surface area contributed by atoms with Crippen molar-refractivity contribution in [1.29, 1.82) is 0 Å². The maximum Gasteiger partial charge on any atom is 0.324 e. The van der Waals surface area contributed by atoms with Gasteiger partial charge in [-0.3, -0.25) is 9.69 Å². The third kappa shape index (κ3) is 3.97. The number of nitrogens with zero attached hydrogens (tertiary/aromatic N) is 1. The number of halogens is 2. The smallest absolute Gasteiger partial charge is 0.324 e. The highest BCUT2D eigenvalue weighted by Crippen LogP contribution is 2.31. The summed E-state index contributed by atoms with van der Waals surface area (Å²) in [6, 6.07) is 5.64. The predicted molar refractivity (Wildman–Crippen MR) is 87.6 cm³/mol. The molecular formula is C15H20BrClN2O2. The zero-order valence-corrected chi connectivity index (χ0v) is 14.6. The van der Waals surface area contributed by atoms with E-state index in [0.29, 0.717) is 18.2 Å². The Labute approximate surface area is 138 Å². The van der Waals surface area contributed by atoms with E-state index < -0.39 is 0 Å². The van der Waals surface area contributed by atoms with Crippen LogP contribution in [0.3, 0.4) is 0 Å². The van der Waals surface area contributed by atoms with Crippen LogP contribution in [0.25, 0.3) is 0 Å². The average Bonchev–Trinajstić information content (AvgIpc) is 2.47. The molecule has 1 saturated heterocycles. The minimum Gasteiger partial charge on any atom is -0.465 e. The Morgan fingerprint density at radius 2 is 2.38 bits per heavy atom. The molecule has 0 aromatic heterocycles. The Bertz CT molecular complexity index is 512. The molecule has 1 aliphatic heterocycles. The van der Waals surface area contributed by atoms with Crippen molar-refractivity contribution in [2.75, 3.05) is 26.2 Å². The molecule has 116 valence electrons. The van der Waals surface area contributed by atoms with Crippen molar-refractivity contribution >= 4 is 33.5 Å². The summed E-state index contributed by atoms with van der Waals surface area (Å²) in [5, 5.41) is 3.96. The molecule has 4 nitrogen and oxygen atoms in total. The third-order valence-corrected chi connectivity index (χ3v) is 4.57. The molecule has 0 spiro atoms. The number of benzene rings is 1. The summed E-state index contributed by atoms with van der Waals surface area (Å²) < 4.78 is 6.14. The second-order valence-corrected chi connectivity index (χ2v) is 6.37. The first-order valence-corrected chi connectivity index (χ1v) is 8.29. The van der Waals surface area contributed by atoms with Gasteiger partial charge in [0.25, 0.3) is 0 Å². The fourth-order valence-corrected chi connectivity index (χ4v) is 3.49. The van der Waals surface area contributed by atoms with Crippen molar-refractivity contribution in [2.24, 2.45) is 0 Å². The van der Waals surface area contributed by atoms with Gasteiger partial charge in [0, 0.05) is 35.2 Å². The van der Waals surface area contributed by atoms with Crippen molar-refractivity contribution in [3.8, 4) is 0 Å². The Kier molecular flexibility index (Phi) is 6.05. The Balaban J connectivity index is 2.21. The quantitative estimate of drug-likeness (QED) is 0.822. The zero-order valence-electron chi connectivity index (χ0n) is 12.2. The Morgan fingerprint density at radius 1 is 1.62 bits per heavy atom. The van der Waals surface area contributed by atoms with Gasteiger partial charge in [-0.05, 0) is 31.5 Å². The normalized spacial score (nSPS) is 21.0. The van der Waals surface area contributed by atoms with Crippen LogP contribution in [-0.2, 0) is 9.53 Å². The highest BCUT2D eigenvalue weighted by atomic mass is 79.9. The number of esters is 1. The Hall–Kier alpha value is -0.620. The molecule has 2 unspecified atom stereocenters. The first-order valence-electron chi connectivity index (χ1n) is 7.12. The fraction of sp³-hybridized carbons (Fsp3) is 0.533. The lowest BCUT2D eigenvalue weighted by atomic mass is 10.0. The van der Waals surface area contributed by atoms with Crippen LogP contribution in [-0.4, -0.2) is 43.2 Å². The standard InChI is InChI=1S/C15H20BrClN2O2/c1-3-21-15(20)14-9-18-6-7-19(14)10(2)12-5-4-11(16)8-13(12)17/h4-5,8,10,14,18H,3,6-7,9H2,1-2H3. The molecule has 2 rings (SSSR count). The summed E-state index contributed by atoms with van der Waals surface area (Å²) in [7, 11) is 0. The van der Waals surface area contributed by atoms with Crippen LogP contribution in [0.1, 0.15) is 25.5 Å². The first-order chi connectivity index (χ1) is 10.0. The first kappa shape index (κ1) is 16.7. The molecule has 0 bridgehead atoms. The van der Waals surface area contributed by atoms with E-state index in [1.807, 2.05) is 25.1 Å². The van der Waals surface area contributed by atoms with Crippen LogP contribution in [0.2, 0.25) is 5.02 Å². The molecule has 21 heavy (non-hydrogen) atoms. The number of carbonyl (C=O) groups excluding carboxylic acids is 1. The van der Waals surface area contributed by atoms with Crippen molar-refractivity contribution in [3.05, 3.63) is 33.3 Å². The second kappa shape index (κ2) is 7.58. The summed E-state index contributed by atoms with van der Waals surface area (Å²) >= 11 is 9.76. The average molecular weight is 376 g/mol. The van der Waals surface area contributed by atoms with Gasteiger partial charge in [0.1, 0.15) is 6.04 Å². The van der Waals surface area contributed by atoms with Crippen LogP contribution in [0.15, 0.2) is 22.7 Å². The van der Waals surface area contributed by atoms with E-state index in [1.165, 1.54) is 0 Å². The van der Waals surface area contributed by atoms with Gasteiger partial charge < -0.3 is 10.1 Å². The van der Waals surface area contributed by atoms with E-state index >= 15 is 0 Å². The third-order valence-electron chi connectivity index (χ3n) is 3.75. The van der Waals surface area contributed by atoms with Crippen molar-refractivity contribution in [3.63, 3.8) is 0 Å². The van der Waals surface area contributed by atoms with E-state index in [-0.39, 0.29) is 18.1 Å². The summed E-state index contributed by atoms with van der Waals surface area (Å²) in [4.78, 5) is 14.3. The van der Waals surface area contributed by atoms with E-state index in [2.05, 4.69) is 33.1 Å². The van der Waals surface area contributed by atoms with E-state index in [0.717, 1.165) is 23.1 Å². The molecule has 0 radical (unpaired) electrons. The summed E-state index contributed by atoms with van der Waals surface area (Å²) in [5.41, 5.74) is 1.02. The van der Waals surface area contributed by atoms with Crippen molar-refractivity contribution in [2.45, 2.75) is 25.9 Å². The van der Waals surface area contributed by atoms with Gasteiger partial charge in [-0.2, -0.15) is 0 Å². The van der Waals surface area contributed by atoms with Gasteiger partial charge in [-0.15, -0.1) is 0 Å². The van der Waals surface area contributed by atoms with Crippen LogP contribution >= 0.6 is 27.5 Å². The van der Waals surface area contributed by atoms with Crippen molar-refractivity contribution < 1.29 is 9.53 Å². The van der Waals surface area contributed by atoms with Gasteiger partial charge in [-0.1, -0.05) is 33.6 Å². The molecule has 1 aromatic rings. The van der Waals surface area contributed by atoms with E-state index in [1.54, 1.807) is 0 Å². The monoisotopic (exact) mass is 374 g/mol.